The van der Waals surface area contributed by atoms with Crippen molar-refractivity contribution in [2.75, 3.05) is 20.3 Å². The minimum Gasteiger partial charge on any atom is -0.497 e. The van der Waals surface area contributed by atoms with Crippen LogP contribution < -0.4 is 14.8 Å². The lowest BCUT2D eigenvalue weighted by atomic mass is 9.78. The minimum absolute atomic E-state index is 0.791. The SMILES string of the molecule is COc1ccc(OCCC[NH2+][C@@H]2CCC[C@H](C)[C@@H]2C)cc1. The summed E-state index contributed by atoms with van der Waals surface area (Å²) in [5.74, 6) is 3.53. The monoisotopic (exact) mass is 292 g/mol. The summed E-state index contributed by atoms with van der Waals surface area (Å²) in [4.78, 5) is 0. The molecule has 1 saturated carbocycles. The van der Waals surface area contributed by atoms with Crippen LogP contribution in [-0.2, 0) is 0 Å². The molecule has 1 aliphatic carbocycles. The van der Waals surface area contributed by atoms with E-state index in [0.717, 1.165) is 48.9 Å². The molecule has 3 heteroatoms. The maximum atomic E-state index is 5.77. The van der Waals surface area contributed by atoms with E-state index in [9.17, 15) is 0 Å². The van der Waals surface area contributed by atoms with E-state index in [1.54, 1.807) is 7.11 Å². The van der Waals surface area contributed by atoms with Crippen LogP contribution in [0, 0.1) is 11.8 Å². The summed E-state index contributed by atoms with van der Waals surface area (Å²) in [6.45, 7) is 6.77. The van der Waals surface area contributed by atoms with Gasteiger partial charge in [0.25, 0.3) is 0 Å². The van der Waals surface area contributed by atoms with Crippen LogP contribution in [-0.4, -0.2) is 26.3 Å². The lowest BCUT2D eigenvalue weighted by molar-refractivity contribution is -0.699. The van der Waals surface area contributed by atoms with Crippen molar-refractivity contribution in [3.05, 3.63) is 24.3 Å². The van der Waals surface area contributed by atoms with Gasteiger partial charge in [-0.2, -0.15) is 0 Å². The third-order valence-corrected chi connectivity index (χ3v) is 4.92. The van der Waals surface area contributed by atoms with Crippen LogP contribution in [0.1, 0.15) is 39.5 Å². The van der Waals surface area contributed by atoms with Crippen molar-refractivity contribution in [2.45, 2.75) is 45.6 Å². The third-order valence-electron chi connectivity index (χ3n) is 4.92. The number of rotatable bonds is 7. The maximum Gasteiger partial charge on any atom is 0.119 e. The Hall–Kier alpha value is -1.22. The Balaban J connectivity index is 1.61. The van der Waals surface area contributed by atoms with Gasteiger partial charge in [0.2, 0.25) is 0 Å². The van der Waals surface area contributed by atoms with Gasteiger partial charge in [-0.1, -0.05) is 13.8 Å². The first-order valence-electron chi connectivity index (χ1n) is 8.31. The zero-order chi connectivity index (χ0) is 15.1. The van der Waals surface area contributed by atoms with Crippen LogP contribution in [0.4, 0.5) is 0 Å². The fourth-order valence-electron chi connectivity index (χ4n) is 3.23. The van der Waals surface area contributed by atoms with Crippen molar-refractivity contribution in [1.29, 1.82) is 0 Å². The summed E-state index contributed by atoms with van der Waals surface area (Å²) in [6, 6.07) is 8.62. The van der Waals surface area contributed by atoms with Crippen molar-refractivity contribution in [3.63, 3.8) is 0 Å². The lowest BCUT2D eigenvalue weighted by Crippen LogP contribution is -2.92. The van der Waals surface area contributed by atoms with E-state index < -0.39 is 0 Å². The second-order valence-corrected chi connectivity index (χ2v) is 6.33. The minimum atomic E-state index is 0.791. The summed E-state index contributed by atoms with van der Waals surface area (Å²) in [5.41, 5.74) is 0. The zero-order valence-electron chi connectivity index (χ0n) is 13.7. The highest BCUT2D eigenvalue weighted by atomic mass is 16.5. The molecule has 1 aromatic carbocycles. The van der Waals surface area contributed by atoms with Crippen LogP contribution in [0.2, 0.25) is 0 Å². The van der Waals surface area contributed by atoms with Crippen LogP contribution >= 0.6 is 0 Å². The summed E-state index contributed by atoms with van der Waals surface area (Å²) in [5, 5.41) is 2.54. The standard InChI is InChI=1S/C18H29NO2/c1-14-6-4-7-18(15(14)2)19-12-5-13-21-17-10-8-16(20-3)9-11-17/h8-11,14-15,18-19H,4-7,12-13H2,1-3H3/p+1/t14-,15-,18+/m0/s1. The fraction of sp³-hybridized carbons (Fsp3) is 0.667. The Morgan fingerprint density at radius 2 is 1.81 bits per heavy atom. The highest BCUT2D eigenvalue weighted by molar-refractivity contribution is 5.31. The van der Waals surface area contributed by atoms with Crippen molar-refractivity contribution in [3.8, 4) is 11.5 Å². The average Bonchev–Trinajstić information content (AvgIpc) is 2.51. The normalized spacial score (nSPS) is 25.6. The van der Waals surface area contributed by atoms with Gasteiger partial charge >= 0.3 is 0 Å². The van der Waals surface area contributed by atoms with Crippen molar-refractivity contribution in [1.82, 2.24) is 0 Å². The Morgan fingerprint density at radius 1 is 1.10 bits per heavy atom. The number of methoxy groups -OCH3 is 1. The Labute approximate surface area is 129 Å². The molecule has 2 rings (SSSR count). The molecule has 0 aromatic heterocycles. The number of benzene rings is 1. The first-order valence-corrected chi connectivity index (χ1v) is 8.31. The van der Waals surface area contributed by atoms with Gasteiger partial charge in [-0.25, -0.2) is 0 Å². The summed E-state index contributed by atoms with van der Waals surface area (Å²) in [6.07, 6.45) is 5.29. The number of hydrogen-bond acceptors (Lipinski definition) is 2. The molecule has 118 valence electrons. The molecule has 0 aliphatic heterocycles. The van der Waals surface area contributed by atoms with Crippen molar-refractivity contribution >= 4 is 0 Å². The quantitative estimate of drug-likeness (QED) is 0.784. The van der Waals surface area contributed by atoms with Gasteiger partial charge in [0, 0.05) is 12.3 Å². The molecule has 0 bridgehead atoms. The summed E-state index contributed by atoms with van der Waals surface area (Å²) < 4.78 is 10.9. The van der Waals surface area contributed by atoms with Gasteiger partial charge in [0.05, 0.1) is 26.3 Å². The Kier molecular flexibility index (Phi) is 6.37. The Bertz CT molecular complexity index is 404. The lowest BCUT2D eigenvalue weighted by Gasteiger charge is -2.32. The molecular weight excluding hydrogens is 262 g/mol. The van der Waals surface area contributed by atoms with Crippen LogP contribution in [0.3, 0.4) is 0 Å². The number of quaternary nitrogens is 1. The molecule has 3 nitrogen and oxygen atoms in total. The summed E-state index contributed by atoms with van der Waals surface area (Å²) in [7, 11) is 1.68. The molecular formula is C18H30NO2+. The highest BCUT2D eigenvalue weighted by Crippen LogP contribution is 2.27. The zero-order valence-corrected chi connectivity index (χ0v) is 13.7. The van der Waals surface area contributed by atoms with Crippen molar-refractivity contribution < 1.29 is 14.8 Å². The molecule has 0 saturated heterocycles. The molecule has 1 aliphatic rings. The highest BCUT2D eigenvalue weighted by Gasteiger charge is 2.29. The topological polar surface area (TPSA) is 35.1 Å². The maximum absolute atomic E-state index is 5.77. The molecule has 1 aromatic rings. The smallest absolute Gasteiger partial charge is 0.119 e. The van der Waals surface area contributed by atoms with Gasteiger partial charge in [0.15, 0.2) is 0 Å². The van der Waals surface area contributed by atoms with E-state index in [2.05, 4.69) is 19.2 Å². The molecule has 1 fully saturated rings. The van der Waals surface area contributed by atoms with Gasteiger partial charge in [-0.15, -0.1) is 0 Å². The van der Waals surface area contributed by atoms with E-state index in [4.69, 9.17) is 9.47 Å². The number of hydrogen-bond donors (Lipinski definition) is 1. The van der Waals surface area contributed by atoms with E-state index >= 15 is 0 Å². The van der Waals surface area contributed by atoms with E-state index in [-0.39, 0.29) is 0 Å². The third kappa shape index (κ3) is 4.92. The first kappa shape index (κ1) is 16.2. The predicted molar refractivity (Wildman–Crippen MR) is 85.9 cm³/mol. The number of ether oxygens (including phenoxy) is 2. The summed E-state index contributed by atoms with van der Waals surface area (Å²) >= 11 is 0. The van der Waals surface area contributed by atoms with E-state index in [1.807, 2.05) is 24.3 Å². The molecule has 0 amide bonds. The molecule has 21 heavy (non-hydrogen) atoms. The van der Waals surface area contributed by atoms with E-state index in [0.29, 0.717) is 0 Å². The largest absolute Gasteiger partial charge is 0.497 e. The molecule has 3 atom stereocenters. The van der Waals surface area contributed by atoms with Gasteiger partial charge in [-0.05, 0) is 49.4 Å². The predicted octanol–water partition coefficient (Wildman–Crippen LogP) is 2.85. The van der Waals surface area contributed by atoms with E-state index in [1.165, 1.54) is 19.3 Å². The van der Waals surface area contributed by atoms with Gasteiger partial charge < -0.3 is 14.8 Å². The van der Waals surface area contributed by atoms with Gasteiger partial charge in [-0.3, -0.25) is 0 Å². The molecule has 0 spiro atoms. The fourth-order valence-corrected chi connectivity index (χ4v) is 3.23. The molecule has 0 unspecified atom stereocenters. The van der Waals surface area contributed by atoms with Crippen LogP contribution in [0.5, 0.6) is 11.5 Å². The molecule has 2 N–H and O–H groups in total. The number of nitrogens with two attached hydrogens (primary N) is 1. The molecule has 0 heterocycles. The average molecular weight is 292 g/mol. The first-order chi connectivity index (χ1) is 10.2. The second kappa shape index (κ2) is 8.28. The van der Waals surface area contributed by atoms with Crippen LogP contribution in [0.15, 0.2) is 24.3 Å². The van der Waals surface area contributed by atoms with Crippen LogP contribution in [0.25, 0.3) is 0 Å². The van der Waals surface area contributed by atoms with Crippen molar-refractivity contribution in [2.24, 2.45) is 11.8 Å². The van der Waals surface area contributed by atoms with Gasteiger partial charge in [0.1, 0.15) is 11.5 Å². The second-order valence-electron chi connectivity index (χ2n) is 6.33. The molecule has 0 radical (unpaired) electrons. The Morgan fingerprint density at radius 3 is 2.52 bits per heavy atom.